The van der Waals surface area contributed by atoms with Gasteiger partial charge in [0.25, 0.3) is 5.56 Å². The number of para-hydroxylation sites is 1. The number of hydrogen-bond acceptors (Lipinski definition) is 5. The number of carbonyl (C=O) groups is 2. The van der Waals surface area contributed by atoms with Crippen LogP contribution in [0.2, 0.25) is 0 Å². The van der Waals surface area contributed by atoms with Gasteiger partial charge < -0.3 is 15.6 Å². The highest BCUT2D eigenvalue weighted by Crippen LogP contribution is 2.13. The van der Waals surface area contributed by atoms with Gasteiger partial charge in [0.2, 0.25) is 11.8 Å². The lowest BCUT2D eigenvalue weighted by Gasteiger charge is -2.37. The maximum Gasteiger partial charge on any atom is 0.258 e. The molecule has 1 aromatic heterocycles. The van der Waals surface area contributed by atoms with Gasteiger partial charge >= 0.3 is 0 Å². The highest BCUT2D eigenvalue weighted by Gasteiger charge is 2.32. The lowest BCUT2D eigenvalue weighted by atomic mass is 10.1. The first-order valence-corrected chi connectivity index (χ1v) is 8.74. The maximum absolute atomic E-state index is 12.3. The van der Waals surface area contributed by atoms with Crippen LogP contribution in [0, 0.1) is 0 Å². The highest BCUT2D eigenvalue weighted by molar-refractivity contribution is 5.88. The Morgan fingerprint density at radius 2 is 2.12 bits per heavy atom. The minimum Gasteiger partial charge on any atom is -0.353 e. The van der Waals surface area contributed by atoms with Gasteiger partial charge in [-0.05, 0) is 26.0 Å². The Hall–Kier alpha value is -2.74. The summed E-state index contributed by atoms with van der Waals surface area (Å²) in [6, 6.07) is 6.73. The molecule has 138 valence electrons. The number of fused-ring (bicyclic) bond motifs is 1. The van der Waals surface area contributed by atoms with E-state index in [1.807, 2.05) is 18.7 Å². The normalized spacial score (nSPS) is 18.1. The molecule has 8 heteroatoms. The number of benzene rings is 1. The number of carbonyl (C=O) groups excluding carboxylic acids is 2. The van der Waals surface area contributed by atoms with Crippen LogP contribution >= 0.6 is 0 Å². The monoisotopic (exact) mass is 357 g/mol. The van der Waals surface area contributed by atoms with Crippen LogP contribution in [0.5, 0.6) is 0 Å². The Balaban J connectivity index is 1.65. The molecule has 0 bridgehead atoms. The van der Waals surface area contributed by atoms with E-state index in [1.165, 1.54) is 0 Å². The van der Waals surface area contributed by atoms with E-state index < -0.39 is 6.04 Å². The number of aromatic amines is 1. The van der Waals surface area contributed by atoms with E-state index in [0.717, 1.165) is 6.54 Å². The van der Waals surface area contributed by atoms with Gasteiger partial charge in [-0.1, -0.05) is 12.1 Å². The Kier molecular flexibility index (Phi) is 5.32. The fourth-order valence-corrected chi connectivity index (χ4v) is 3.21. The molecule has 3 rings (SSSR count). The van der Waals surface area contributed by atoms with Crippen molar-refractivity contribution in [3.05, 3.63) is 40.4 Å². The summed E-state index contributed by atoms with van der Waals surface area (Å²) < 4.78 is 0. The van der Waals surface area contributed by atoms with Crippen LogP contribution in [0.15, 0.2) is 29.1 Å². The van der Waals surface area contributed by atoms with E-state index in [-0.39, 0.29) is 36.4 Å². The number of amides is 2. The fraction of sp³-hybridized carbons (Fsp3) is 0.444. The van der Waals surface area contributed by atoms with Crippen molar-refractivity contribution in [3.63, 3.8) is 0 Å². The van der Waals surface area contributed by atoms with Crippen LogP contribution in [0.25, 0.3) is 10.9 Å². The van der Waals surface area contributed by atoms with Crippen LogP contribution < -0.4 is 16.2 Å². The molecule has 2 heterocycles. The molecule has 1 fully saturated rings. The molecule has 8 nitrogen and oxygen atoms in total. The van der Waals surface area contributed by atoms with Gasteiger partial charge in [0, 0.05) is 19.1 Å². The van der Waals surface area contributed by atoms with Crippen molar-refractivity contribution in [2.24, 2.45) is 0 Å². The molecular formula is C18H23N5O3. The predicted molar refractivity (Wildman–Crippen MR) is 97.5 cm³/mol. The average Bonchev–Trinajstić information content (AvgIpc) is 2.61. The first-order valence-electron chi connectivity index (χ1n) is 8.74. The summed E-state index contributed by atoms with van der Waals surface area (Å²) in [5.41, 5.74) is 0.343. The summed E-state index contributed by atoms with van der Waals surface area (Å²) in [5.74, 6) is 0.00158. The molecule has 0 spiro atoms. The van der Waals surface area contributed by atoms with Gasteiger partial charge in [-0.3, -0.25) is 19.3 Å². The number of hydrogen-bond donors (Lipinski definition) is 3. The minimum absolute atomic E-state index is 0.0713. The Labute approximate surface area is 151 Å². The van der Waals surface area contributed by atoms with Crippen LogP contribution in [-0.2, 0) is 16.1 Å². The molecule has 2 aromatic rings. The fourth-order valence-electron chi connectivity index (χ4n) is 3.21. The number of aromatic nitrogens is 2. The molecule has 2 amide bonds. The van der Waals surface area contributed by atoms with Crippen molar-refractivity contribution in [2.45, 2.75) is 38.9 Å². The van der Waals surface area contributed by atoms with E-state index >= 15 is 0 Å². The number of rotatable bonds is 5. The number of nitrogens with zero attached hydrogens (tertiary/aromatic N) is 2. The van der Waals surface area contributed by atoms with Gasteiger partial charge in [-0.25, -0.2) is 4.98 Å². The van der Waals surface area contributed by atoms with Gasteiger partial charge in [-0.15, -0.1) is 0 Å². The Morgan fingerprint density at radius 3 is 2.88 bits per heavy atom. The minimum atomic E-state index is -0.479. The third-order valence-electron chi connectivity index (χ3n) is 4.53. The van der Waals surface area contributed by atoms with Crippen LogP contribution in [-0.4, -0.2) is 51.9 Å². The van der Waals surface area contributed by atoms with Crippen molar-refractivity contribution in [3.8, 4) is 0 Å². The number of nitrogens with one attached hydrogen (secondary N) is 3. The molecule has 26 heavy (non-hydrogen) atoms. The van der Waals surface area contributed by atoms with Crippen molar-refractivity contribution in [1.29, 1.82) is 0 Å². The third kappa shape index (κ3) is 3.91. The second-order valence-electron chi connectivity index (χ2n) is 6.65. The third-order valence-corrected chi connectivity index (χ3v) is 4.53. The van der Waals surface area contributed by atoms with E-state index in [0.29, 0.717) is 23.3 Å². The van der Waals surface area contributed by atoms with Gasteiger partial charge in [0.1, 0.15) is 5.82 Å². The van der Waals surface area contributed by atoms with Gasteiger partial charge in [0.15, 0.2) is 0 Å². The molecule has 1 aliphatic heterocycles. The van der Waals surface area contributed by atoms with E-state index in [1.54, 1.807) is 24.3 Å². The molecule has 0 saturated carbocycles. The smallest absolute Gasteiger partial charge is 0.258 e. The SMILES string of the molecule is CC(C)N1CCNC(=O)[C@H]1CC(=O)NCc1nc2ccccc2c(=O)[nH]1. The topological polar surface area (TPSA) is 107 Å². The van der Waals surface area contributed by atoms with Crippen molar-refractivity contribution in [1.82, 2.24) is 25.5 Å². The van der Waals surface area contributed by atoms with Crippen molar-refractivity contribution in [2.75, 3.05) is 13.1 Å². The quantitative estimate of drug-likeness (QED) is 0.705. The first kappa shape index (κ1) is 18.1. The molecule has 1 saturated heterocycles. The molecular weight excluding hydrogens is 334 g/mol. The zero-order chi connectivity index (χ0) is 18.7. The second-order valence-corrected chi connectivity index (χ2v) is 6.65. The van der Waals surface area contributed by atoms with E-state index in [4.69, 9.17) is 0 Å². The summed E-state index contributed by atoms with van der Waals surface area (Å²) >= 11 is 0. The molecule has 0 radical (unpaired) electrons. The predicted octanol–water partition coefficient (Wildman–Crippen LogP) is 0.138. The van der Waals surface area contributed by atoms with Crippen LogP contribution in [0.1, 0.15) is 26.1 Å². The summed E-state index contributed by atoms with van der Waals surface area (Å²) in [7, 11) is 0. The van der Waals surface area contributed by atoms with Crippen molar-refractivity contribution >= 4 is 22.7 Å². The Bertz CT molecular complexity index is 877. The molecule has 1 aliphatic rings. The van der Waals surface area contributed by atoms with E-state index in [2.05, 4.69) is 20.6 Å². The second kappa shape index (κ2) is 7.65. The largest absolute Gasteiger partial charge is 0.353 e. The lowest BCUT2D eigenvalue weighted by Crippen LogP contribution is -2.58. The standard InChI is InChI=1S/C18H23N5O3/c1-11(2)23-8-7-19-18(26)14(23)9-16(24)20-10-15-21-13-6-4-3-5-12(13)17(25)22-15/h3-6,11,14H,7-10H2,1-2H3,(H,19,26)(H,20,24)(H,21,22,25)/t14-/m1/s1. The zero-order valence-corrected chi connectivity index (χ0v) is 14.9. The summed E-state index contributed by atoms with van der Waals surface area (Å²) in [5, 5.41) is 6.05. The lowest BCUT2D eigenvalue weighted by molar-refractivity contribution is -0.134. The average molecular weight is 357 g/mol. The summed E-state index contributed by atoms with van der Waals surface area (Å²) in [6.07, 6.45) is 0.0713. The molecule has 1 aromatic carbocycles. The van der Waals surface area contributed by atoms with Crippen molar-refractivity contribution < 1.29 is 9.59 Å². The highest BCUT2D eigenvalue weighted by atomic mass is 16.2. The molecule has 0 unspecified atom stereocenters. The van der Waals surface area contributed by atoms with E-state index in [9.17, 15) is 14.4 Å². The van der Waals surface area contributed by atoms with Gasteiger partial charge in [0.05, 0.1) is 29.9 Å². The summed E-state index contributed by atoms with van der Waals surface area (Å²) in [6.45, 7) is 5.44. The van der Waals surface area contributed by atoms with Gasteiger partial charge in [-0.2, -0.15) is 0 Å². The van der Waals surface area contributed by atoms with Crippen LogP contribution in [0.3, 0.4) is 0 Å². The number of piperazine rings is 1. The number of H-pyrrole nitrogens is 1. The summed E-state index contributed by atoms with van der Waals surface area (Å²) in [4.78, 5) is 45.5. The first-order chi connectivity index (χ1) is 12.5. The van der Waals surface area contributed by atoms with Crippen LogP contribution in [0.4, 0.5) is 0 Å². The molecule has 3 N–H and O–H groups in total. The Morgan fingerprint density at radius 1 is 1.35 bits per heavy atom. The molecule has 0 aliphatic carbocycles. The zero-order valence-electron chi connectivity index (χ0n) is 14.9. The maximum atomic E-state index is 12.3. The molecule has 1 atom stereocenters.